The van der Waals surface area contributed by atoms with Gasteiger partial charge in [0.25, 0.3) is 0 Å². The summed E-state index contributed by atoms with van der Waals surface area (Å²) in [5.41, 5.74) is 5.22. The zero-order chi connectivity index (χ0) is 8.15. The number of halogens is 1. The molecule has 3 N–H and O–H groups in total. The molecule has 0 unspecified atom stereocenters. The van der Waals surface area contributed by atoms with E-state index in [1.807, 2.05) is 0 Å². The molecule has 0 radical (unpaired) electrons. The van der Waals surface area contributed by atoms with Crippen molar-refractivity contribution in [2.45, 2.75) is 12.5 Å². The second-order valence-electron chi connectivity index (χ2n) is 1.94. The molecule has 0 aliphatic carbocycles. The number of nitrogens with two attached hydrogens (primary N) is 1. The fourth-order valence-corrected chi connectivity index (χ4v) is 0.517. The Morgan fingerprint density at radius 1 is 1.90 bits per heavy atom. The minimum absolute atomic E-state index is 0.111. The van der Waals surface area contributed by atoms with Gasteiger partial charge in [0.1, 0.15) is 0 Å². The maximum absolute atomic E-state index is 12.0. The molecule has 0 saturated carbocycles. The van der Waals surface area contributed by atoms with E-state index in [2.05, 4.69) is 11.9 Å². The van der Waals surface area contributed by atoms with Crippen molar-refractivity contribution >= 4 is 5.91 Å². The van der Waals surface area contributed by atoms with E-state index in [1.165, 1.54) is 7.05 Å². The molecule has 0 aromatic heterocycles. The van der Waals surface area contributed by atoms with E-state index >= 15 is 0 Å². The number of carbonyl (C=O) groups is 1. The first kappa shape index (κ1) is 9.10. The topological polar surface area (TPSA) is 55.1 Å². The summed E-state index contributed by atoms with van der Waals surface area (Å²) in [6.07, 6.45) is -0.111. The third-order valence-electron chi connectivity index (χ3n) is 1.02. The van der Waals surface area contributed by atoms with E-state index in [0.717, 1.165) is 0 Å². The molecule has 0 aliphatic heterocycles. The van der Waals surface area contributed by atoms with Crippen LogP contribution in [-0.4, -0.2) is 19.0 Å². The number of likely N-dealkylation sites (N-methyl/N-ethyl adjacent to an activating group) is 1. The molecule has 0 heterocycles. The Balaban J connectivity index is 3.72. The van der Waals surface area contributed by atoms with E-state index in [0.29, 0.717) is 0 Å². The van der Waals surface area contributed by atoms with Gasteiger partial charge in [0.05, 0.1) is 11.9 Å². The van der Waals surface area contributed by atoms with Gasteiger partial charge >= 0.3 is 0 Å². The second-order valence-corrected chi connectivity index (χ2v) is 1.94. The van der Waals surface area contributed by atoms with Gasteiger partial charge in [-0.15, -0.1) is 0 Å². The largest absolute Gasteiger partial charge is 0.358 e. The van der Waals surface area contributed by atoms with Crippen molar-refractivity contribution < 1.29 is 9.18 Å². The van der Waals surface area contributed by atoms with Crippen molar-refractivity contribution in [3.8, 4) is 0 Å². The number of amides is 1. The quantitative estimate of drug-likeness (QED) is 0.585. The van der Waals surface area contributed by atoms with Crippen LogP contribution in [0.25, 0.3) is 0 Å². The van der Waals surface area contributed by atoms with Crippen LogP contribution < -0.4 is 11.1 Å². The smallest absolute Gasteiger partial charge is 0.237 e. The van der Waals surface area contributed by atoms with E-state index in [4.69, 9.17) is 5.73 Å². The summed E-state index contributed by atoms with van der Waals surface area (Å²) in [6, 6.07) is -0.817. The van der Waals surface area contributed by atoms with Gasteiger partial charge in [-0.25, -0.2) is 4.39 Å². The monoisotopic (exact) mass is 146 g/mol. The molecule has 1 atom stereocenters. The summed E-state index contributed by atoms with van der Waals surface area (Å²) in [7, 11) is 1.45. The molecule has 0 bridgehead atoms. The van der Waals surface area contributed by atoms with Crippen LogP contribution in [0.1, 0.15) is 6.42 Å². The van der Waals surface area contributed by atoms with Crippen LogP contribution in [0.3, 0.4) is 0 Å². The van der Waals surface area contributed by atoms with Crippen molar-refractivity contribution in [1.29, 1.82) is 0 Å². The predicted molar refractivity (Wildman–Crippen MR) is 36.9 cm³/mol. The predicted octanol–water partition coefficient (Wildman–Crippen LogP) is -0.0670. The van der Waals surface area contributed by atoms with E-state index in [-0.39, 0.29) is 12.3 Å². The molecular weight excluding hydrogens is 135 g/mol. The fraction of sp³-hybridized carbons (Fsp3) is 0.500. The summed E-state index contributed by atoms with van der Waals surface area (Å²) in [5, 5.41) is 2.30. The van der Waals surface area contributed by atoms with Gasteiger partial charge in [-0.3, -0.25) is 4.79 Å². The molecule has 1 amide bonds. The third-order valence-corrected chi connectivity index (χ3v) is 1.02. The second kappa shape index (κ2) is 4.00. The standard InChI is InChI=1S/C6H11FN2O/c1-4(7)3-5(8)6(10)9-2/h5H,1,3,8H2,2H3,(H,9,10)/t5-/m0/s1. The minimum Gasteiger partial charge on any atom is -0.358 e. The molecule has 0 rings (SSSR count). The Labute approximate surface area is 59.1 Å². The molecule has 4 heteroatoms. The van der Waals surface area contributed by atoms with Crippen LogP contribution >= 0.6 is 0 Å². The number of hydrogen-bond acceptors (Lipinski definition) is 2. The summed E-state index contributed by atoms with van der Waals surface area (Å²) in [4.78, 5) is 10.6. The van der Waals surface area contributed by atoms with Crippen LogP contribution in [0, 0.1) is 0 Å². The van der Waals surface area contributed by atoms with Gasteiger partial charge in [-0.2, -0.15) is 0 Å². The molecule has 0 aliphatic rings. The first-order valence-corrected chi connectivity index (χ1v) is 2.88. The lowest BCUT2D eigenvalue weighted by Gasteiger charge is -2.06. The number of hydrogen-bond donors (Lipinski definition) is 2. The summed E-state index contributed by atoms with van der Waals surface area (Å²) < 4.78 is 12.0. The van der Waals surface area contributed by atoms with Gasteiger partial charge in [-0.05, 0) is 0 Å². The maximum atomic E-state index is 12.0. The van der Waals surface area contributed by atoms with Gasteiger partial charge in [0, 0.05) is 13.5 Å². The third kappa shape index (κ3) is 3.19. The average Bonchev–Trinajstić information content (AvgIpc) is 1.85. The van der Waals surface area contributed by atoms with Gasteiger partial charge in [-0.1, -0.05) is 6.58 Å². The maximum Gasteiger partial charge on any atom is 0.237 e. The minimum atomic E-state index is -0.817. The van der Waals surface area contributed by atoms with Crippen molar-refractivity contribution in [3.05, 3.63) is 12.4 Å². The normalized spacial score (nSPS) is 12.3. The van der Waals surface area contributed by atoms with Gasteiger partial charge in [0.15, 0.2) is 0 Å². The van der Waals surface area contributed by atoms with Crippen LogP contribution in [0.2, 0.25) is 0 Å². The highest BCUT2D eigenvalue weighted by molar-refractivity contribution is 5.81. The van der Waals surface area contributed by atoms with Crippen LogP contribution in [0.5, 0.6) is 0 Å². The molecule has 0 saturated heterocycles. The lowest BCUT2D eigenvalue weighted by Crippen LogP contribution is -2.38. The first-order chi connectivity index (χ1) is 4.57. The number of carbonyl (C=O) groups excluding carboxylic acids is 1. The Bertz CT molecular complexity index is 147. The van der Waals surface area contributed by atoms with Crippen molar-refractivity contribution in [2.24, 2.45) is 5.73 Å². The molecular formula is C6H11FN2O. The van der Waals surface area contributed by atoms with Crippen molar-refractivity contribution in [1.82, 2.24) is 5.32 Å². The summed E-state index contributed by atoms with van der Waals surface area (Å²) in [5.74, 6) is -0.949. The highest BCUT2D eigenvalue weighted by Crippen LogP contribution is 2.01. The van der Waals surface area contributed by atoms with Crippen molar-refractivity contribution in [2.75, 3.05) is 7.05 Å². The molecule has 0 fully saturated rings. The van der Waals surface area contributed by atoms with E-state index < -0.39 is 11.9 Å². The number of nitrogens with one attached hydrogen (secondary N) is 1. The van der Waals surface area contributed by atoms with E-state index in [9.17, 15) is 9.18 Å². The van der Waals surface area contributed by atoms with Crippen LogP contribution in [0.4, 0.5) is 4.39 Å². The molecule has 0 aromatic rings. The Morgan fingerprint density at radius 3 is 2.70 bits per heavy atom. The zero-order valence-corrected chi connectivity index (χ0v) is 5.86. The summed E-state index contributed by atoms with van der Waals surface area (Å²) in [6.45, 7) is 2.99. The highest BCUT2D eigenvalue weighted by Gasteiger charge is 2.11. The number of rotatable bonds is 3. The molecule has 10 heavy (non-hydrogen) atoms. The van der Waals surface area contributed by atoms with Gasteiger partial charge in [0.2, 0.25) is 5.91 Å². The lowest BCUT2D eigenvalue weighted by atomic mass is 10.2. The first-order valence-electron chi connectivity index (χ1n) is 2.88. The van der Waals surface area contributed by atoms with Crippen LogP contribution in [-0.2, 0) is 4.79 Å². The fourth-order valence-electron chi connectivity index (χ4n) is 0.517. The van der Waals surface area contributed by atoms with Crippen molar-refractivity contribution in [3.63, 3.8) is 0 Å². The summed E-state index contributed by atoms with van der Waals surface area (Å²) >= 11 is 0. The average molecular weight is 146 g/mol. The zero-order valence-electron chi connectivity index (χ0n) is 5.86. The molecule has 0 aromatic carbocycles. The van der Waals surface area contributed by atoms with Crippen LogP contribution in [0.15, 0.2) is 12.4 Å². The van der Waals surface area contributed by atoms with E-state index in [1.54, 1.807) is 0 Å². The lowest BCUT2D eigenvalue weighted by molar-refractivity contribution is -0.121. The molecule has 0 spiro atoms. The molecule has 3 nitrogen and oxygen atoms in total. The van der Waals surface area contributed by atoms with Gasteiger partial charge < -0.3 is 11.1 Å². The SMILES string of the molecule is C=C(F)C[C@H](N)C(=O)NC. The Morgan fingerprint density at radius 2 is 2.40 bits per heavy atom. The highest BCUT2D eigenvalue weighted by atomic mass is 19.1. The Kier molecular flexibility index (Phi) is 3.64. The molecule has 58 valence electrons. The Hall–Kier alpha value is -0.900.